The second-order valence-corrected chi connectivity index (χ2v) is 2.82. The molecule has 1 aliphatic rings. The van der Waals surface area contributed by atoms with Gasteiger partial charge in [0.15, 0.2) is 0 Å². The molecule has 0 aromatic carbocycles. The van der Waals surface area contributed by atoms with Crippen molar-refractivity contribution in [1.29, 1.82) is 0 Å². The number of carbonyl (C=O) groups excluding carboxylic acids is 1. The van der Waals surface area contributed by atoms with E-state index in [1.165, 1.54) is 19.9 Å². The van der Waals surface area contributed by atoms with Crippen LogP contribution in [0.25, 0.3) is 0 Å². The number of hydrogen-bond donors (Lipinski definition) is 1. The summed E-state index contributed by atoms with van der Waals surface area (Å²) in [4.78, 5) is 12.0. The van der Waals surface area contributed by atoms with E-state index in [9.17, 15) is 4.79 Å². The lowest BCUT2D eigenvalue weighted by atomic mass is 10.00. The van der Waals surface area contributed by atoms with Crippen LogP contribution in [0.1, 0.15) is 19.8 Å². The molecule has 0 aliphatic carbocycles. The smallest absolute Gasteiger partial charge is 0.209 e. The highest BCUT2D eigenvalue weighted by molar-refractivity contribution is 5.46. The van der Waals surface area contributed by atoms with Crippen molar-refractivity contribution in [2.75, 3.05) is 20.1 Å². The zero-order valence-electron chi connectivity index (χ0n) is 7.42. The summed E-state index contributed by atoms with van der Waals surface area (Å²) in [6, 6.07) is 0. The van der Waals surface area contributed by atoms with Gasteiger partial charge in [0.1, 0.15) is 0 Å². The van der Waals surface area contributed by atoms with Crippen molar-refractivity contribution in [3.8, 4) is 0 Å². The van der Waals surface area contributed by atoms with Crippen LogP contribution in [0.3, 0.4) is 0 Å². The molecule has 66 valence electrons. The number of rotatable bonds is 1. The van der Waals surface area contributed by atoms with Gasteiger partial charge in [0, 0.05) is 13.1 Å². The van der Waals surface area contributed by atoms with Gasteiger partial charge in [-0.05, 0) is 25.8 Å². The molecule has 3 heteroatoms. The maximum Gasteiger partial charge on any atom is 0.209 e. The fraction of sp³-hybridized carbons (Fsp3) is 0.875. The van der Waals surface area contributed by atoms with E-state index in [-0.39, 0.29) is 0 Å². The number of amides is 1. The van der Waals surface area contributed by atoms with Gasteiger partial charge in [-0.15, -0.1) is 0 Å². The molecule has 1 aliphatic heterocycles. The van der Waals surface area contributed by atoms with Gasteiger partial charge in [-0.1, -0.05) is 6.92 Å². The van der Waals surface area contributed by atoms with Gasteiger partial charge < -0.3 is 10.6 Å². The summed E-state index contributed by atoms with van der Waals surface area (Å²) in [7, 11) is 1.50. The molecule has 0 radical (unpaired) electrons. The Morgan fingerprint density at radius 1 is 1.36 bits per heavy atom. The number of piperidine rings is 1. The highest BCUT2D eigenvalue weighted by atomic mass is 16.1. The molecule has 1 saturated heterocycles. The Labute approximate surface area is 68.6 Å². The predicted octanol–water partition coefficient (Wildman–Crippen LogP) is 0.450. The third kappa shape index (κ3) is 3.98. The van der Waals surface area contributed by atoms with Crippen molar-refractivity contribution in [2.45, 2.75) is 19.8 Å². The van der Waals surface area contributed by atoms with E-state index in [4.69, 9.17) is 0 Å². The lowest BCUT2D eigenvalue weighted by molar-refractivity contribution is -0.119. The second kappa shape index (κ2) is 6.16. The summed E-state index contributed by atoms with van der Waals surface area (Å²) in [5.41, 5.74) is 4.50. The Morgan fingerprint density at radius 3 is 2.18 bits per heavy atom. The highest BCUT2D eigenvalue weighted by Crippen LogP contribution is 2.13. The average molecular weight is 158 g/mol. The molecule has 0 aromatic heterocycles. The topological polar surface area (TPSA) is 46.3 Å². The Bertz CT molecular complexity index is 98.3. The van der Waals surface area contributed by atoms with Gasteiger partial charge >= 0.3 is 0 Å². The molecule has 1 amide bonds. The first-order chi connectivity index (χ1) is 5.33. The Morgan fingerprint density at radius 2 is 1.82 bits per heavy atom. The molecule has 1 fully saturated rings. The fourth-order valence-corrected chi connectivity index (χ4v) is 1.13. The lowest BCUT2D eigenvalue weighted by Gasteiger charge is -2.26. The van der Waals surface area contributed by atoms with Crippen LogP contribution >= 0.6 is 0 Å². The monoisotopic (exact) mass is 158 g/mol. The molecule has 2 N–H and O–H groups in total. The molecule has 1 heterocycles. The molecule has 0 saturated carbocycles. The Hall–Kier alpha value is -0.570. The number of likely N-dealkylation sites (tertiary alicyclic amines) is 1. The van der Waals surface area contributed by atoms with Gasteiger partial charge in [0.25, 0.3) is 0 Å². The first-order valence-electron chi connectivity index (χ1n) is 4.10. The van der Waals surface area contributed by atoms with Crippen molar-refractivity contribution in [3.63, 3.8) is 0 Å². The SMILES string of the molecule is CC1CCN(C=O)CC1.CN. The van der Waals surface area contributed by atoms with Crippen LogP contribution in [0.15, 0.2) is 0 Å². The van der Waals surface area contributed by atoms with Crippen LogP contribution in [0, 0.1) is 5.92 Å². The molecule has 0 unspecified atom stereocenters. The number of hydrogen-bond acceptors (Lipinski definition) is 2. The van der Waals surface area contributed by atoms with Crippen molar-refractivity contribution in [1.82, 2.24) is 4.90 Å². The Kier molecular flexibility index (Phi) is 5.84. The minimum Gasteiger partial charge on any atom is -0.345 e. The summed E-state index contributed by atoms with van der Waals surface area (Å²) in [5, 5.41) is 0. The quantitative estimate of drug-likeness (QED) is 0.563. The molecule has 11 heavy (non-hydrogen) atoms. The highest BCUT2D eigenvalue weighted by Gasteiger charge is 2.12. The van der Waals surface area contributed by atoms with Crippen LogP contribution in [0.2, 0.25) is 0 Å². The van der Waals surface area contributed by atoms with Crippen LogP contribution < -0.4 is 5.73 Å². The molecule has 0 atom stereocenters. The summed E-state index contributed by atoms with van der Waals surface area (Å²) >= 11 is 0. The minimum atomic E-state index is 0.821. The van der Waals surface area contributed by atoms with Gasteiger partial charge in [-0.3, -0.25) is 4.79 Å². The average Bonchev–Trinajstić information content (AvgIpc) is 2.10. The third-order valence-corrected chi connectivity index (χ3v) is 1.97. The first kappa shape index (κ1) is 10.4. The van der Waals surface area contributed by atoms with Crippen LogP contribution in [-0.4, -0.2) is 31.4 Å². The zero-order chi connectivity index (χ0) is 8.69. The normalized spacial score (nSPS) is 18.6. The summed E-state index contributed by atoms with van der Waals surface area (Å²) in [5.74, 6) is 0.821. The number of nitrogens with two attached hydrogens (primary N) is 1. The van der Waals surface area contributed by atoms with Gasteiger partial charge in [0.2, 0.25) is 6.41 Å². The van der Waals surface area contributed by atoms with E-state index in [0.717, 1.165) is 25.4 Å². The van der Waals surface area contributed by atoms with Crippen molar-refractivity contribution < 1.29 is 4.79 Å². The van der Waals surface area contributed by atoms with E-state index >= 15 is 0 Å². The molecule has 0 aromatic rings. The maximum absolute atomic E-state index is 10.2. The van der Waals surface area contributed by atoms with E-state index in [1.54, 1.807) is 0 Å². The maximum atomic E-state index is 10.2. The summed E-state index contributed by atoms with van der Waals surface area (Å²) in [6.45, 7) is 4.16. The van der Waals surface area contributed by atoms with E-state index in [2.05, 4.69) is 12.7 Å². The molecular weight excluding hydrogens is 140 g/mol. The van der Waals surface area contributed by atoms with Crippen LogP contribution in [0.5, 0.6) is 0 Å². The van der Waals surface area contributed by atoms with E-state index < -0.39 is 0 Å². The van der Waals surface area contributed by atoms with Crippen molar-refractivity contribution in [2.24, 2.45) is 11.7 Å². The standard InChI is InChI=1S/C7H13NO.CH5N/c1-7-2-4-8(6-9)5-3-7;1-2/h6-7H,2-5H2,1H3;2H2,1H3. The minimum absolute atomic E-state index is 0.821. The lowest BCUT2D eigenvalue weighted by Crippen LogP contribution is -2.31. The third-order valence-electron chi connectivity index (χ3n) is 1.97. The molecule has 1 rings (SSSR count). The van der Waals surface area contributed by atoms with Gasteiger partial charge in [-0.25, -0.2) is 0 Å². The predicted molar refractivity (Wildman–Crippen MR) is 46.1 cm³/mol. The number of carbonyl (C=O) groups is 1. The zero-order valence-corrected chi connectivity index (χ0v) is 7.42. The van der Waals surface area contributed by atoms with E-state index in [0.29, 0.717) is 0 Å². The summed E-state index contributed by atoms with van der Waals surface area (Å²) in [6.07, 6.45) is 3.31. The van der Waals surface area contributed by atoms with Gasteiger partial charge in [-0.2, -0.15) is 0 Å². The van der Waals surface area contributed by atoms with E-state index in [1.807, 2.05) is 4.90 Å². The molecule has 3 nitrogen and oxygen atoms in total. The van der Waals surface area contributed by atoms with Crippen LogP contribution in [0.4, 0.5) is 0 Å². The Balaban J connectivity index is 0.000000461. The summed E-state index contributed by atoms with van der Waals surface area (Å²) < 4.78 is 0. The largest absolute Gasteiger partial charge is 0.345 e. The first-order valence-corrected chi connectivity index (χ1v) is 4.10. The van der Waals surface area contributed by atoms with Crippen LogP contribution in [-0.2, 0) is 4.79 Å². The molecule has 0 bridgehead atoms. The fourth-order valence-electron chi connectivity index (χ4n) is 1.13. The second-order valence-electron chi connectivity index (χ2n) is 2.82. The van der Waals surface area contributed by atoms with Crippen molar-refractivity contribution in [3.05, 3.63) is 0 Å². The molecule has 0 spiro atoms. The number of nitrogens with zero attached hydrogens (tertiary/aromatic N) is 1. The van der Waals surface area contributed by atoms with Gasteiger partial charge in [0.05, 0.1) is 0 Å². The molecular formula is C8H18N2O. The van der Waals surface area contributed by atoms with Crippen molar-refractivity contribution >= 4 is 6.41 Å².